The molecule has 0 N–H and O–H groups in total. The second-order valence-corrected chi connectivity index (χ2v) is 10.6. The highest BCUT2D eigenvalue weighted by Gasteiger charge is 2.28. The Bertz CT molecular complexity index is 259. The van der Waals surface area contributed by atoms with Gasteiger partial charge < -0.3 is 17.0 Å². The topological polar surface area (TPSA) is 17.3 Å². The van der Waals surface area contributed by atoms with Crippen LogP contribution in [0.5, 0.6) is 0 Å². The zero-order chi connectivity index (χ0) is 13.9. The molecule has 0 bridgehead atoms. The van der Waals surface area contributed by atoms with Crippen LogP contribution in [0.1, 0.15) is 74.1 Å². The van der Waals surface area contributed by atoms with Crippen LogP contribution >= 0.6 is 15.6 Å². The minimum atomic E-state index is -1.03. The first kappa shape index (κ1) is 29.8. The molecular formula is C16H41BrN2P2. The van der Waals surface area contributed by atoms with Crippen molar-refractivity contribution in [3.05, 3.63) is 0 Å². The monoisotopic (exact) mass is 402 g/mol. The summed E-state index contributed by atoms with van der Waals surface area (Å²) in [5.41, 5.74) is 0. The fourth-order valence-corrected chi connectivity index (χ4v) is 7.77. The summed E-state index contributed by atoms with van der Waals surface area (Å²) >= 11 is 0. The van der Waals surface area contributed by atoms with Gasteiger partial charge in [-0.3, -0.25) is 0 Å². The van der Waals surface area contributed by atoms with Crippen LogP contribution in [0.4, 0.5) is 0 Å². The highest BCUT2D eigenvalue weighted by molar-refractivity contribution is 7.67. The third-order valence-corrected chi connectivity index (χ3v) is 8.83. The molecule has 0 aliphatic rings. The van der Waals surface area contributed by atoms with E-state index in [-0.39, 0.29) is 31.8 Å². The Hall–Kier alpha value is 0.880. The molecule has 0 spiro atoms. The average molecular weight is 403 g/mol. The largest absolute Gasteiger partial charge is 1.00 e. The molecule has 0 heterocycles. The zero-order valence-electron chi connectivity index (χ0n) is 13.5. The fraction of sp³-hybridized carbons (Fsp3) is 1.00. The van der Waals surface area contributed by atoms with E-state index in [4.69, 9.17) is 4.17 Å². The van der Waals surface area contributed by atoms with Crippen molar-refractivity contribution in [2.45, 2.75) is 74.1 Å². The second-order valence-electron chi connectivity index (χ2n) is 5.35. The van der Waals surface area contributed by atoms with Gasteiger partial charge in [-0.2, -0.15) is 4.67 Å². The lowest BCUT2D eigenvalue weighted by Gasteiger charge is -2.12. The van der Waals surface area contributed by atoms with Crippen LogP contribution in [0.3, 0.4) is 0 Å². The SMILES string of the molecule is C.C.CCCCP(CCCC)(CCCC)=[N+]=PN(C)C.[Br-]. The van der Waals surface area contributed by atoms with Crippen molar-refractivity contribution < 1.29 is 17.0 Å². The van der Waals surface area contributed by atoms with Crippen molar-refractivity contribution in [2.24, 2.45) is 0 Å². The Kier molecular flexibility index (Phi) is 26.9. The summed E-state index contributed by atoms with van der Waals surface area (Å²) in [6.07, 6.45) is 12.2. The zero-order valence-corrected chi connectivity index (χ0v) is 16.9. The van der Waals surface area contributed by atoms with Gasteiger partial charge in [0.2, 0.25) is 7.05 Å². The third-order valence-electron chi connectivity index (χ3n) is 3.19. The van der Waals surface area contributed by atoms with Crippen LogP contribution in [0, 0.1) is 0 Å². The van der Waals surface area contributed by atoms with Crippen molar-refractivity contribution in [2.75, 3.05) is 32.6 Å². The van der Waals surface area contributed by atoms with E-state index in [9.17, 15) is 0 Å². The molecule has 0 fully saturated rings. The molecule has 0 radical (unpaired) electrons. The van der Waals surface area contributed by atoms with Crippen LogP contribution in [-0.2, 0) is 0 Å². The van der Waals surface area contributed by atoms with Crippen molar-refractivity contribution in [1.29, 1.82) is 0 Å². The van der Waals surface area contributed by atoms with Gasteiger partial charge in [-0.1, -0.05) is 54.9 Å². The van der Waals surface area contributed by atoms with Gasteiger partial charge in [0.15, 0.2) is 0 Å². The first-order valence-electron chi connectivity index (χ1n) is 7.56. The quantitative estimate of drug-likeness (QED) is 0.403. The lowest BCUT2D eigenvalue weighted by atomic mass is 10.4. The molecule has 0 unspecified atom stereocenters. The minimum Gasteiger partial charge on any atom is -1.00 e. The summed E-state index contributed by atoms with van der Waals surface area (Å²) in [6, 6.07) is 0. The summed E-state index contributed by atoms with van der Waals surface area (Å²) in [4.78, 5) is 0. The minimum absolute atomic E-state index is 0. The summed E-state index contributed by atoms with van der Waals surface area (Å²) < 4.78 is 7.37. The van der Waals surface area contributed by atoms with Crippen LogP contribution in [0.2, 0.25) is 0 Å². The molecule has 0 aliphatic carbocycles. The molecular weight excluding hydrogens is 362 g/mol. The molecule has 0 rings (SSSR count). The van der Waals surface area contributed by atoms with Gasteiger partial charge in [-0.25, -0.2) is 0 Å². The van der Waals surface area contributed by atoms with Gasteiger partial charge in [0.05, 0.1) is 0 Å². The van der Waals surface area contributed by atoms with E-state index in [1.165, 1.54) is 65.5 Å². The Morgan fingerprint density at radius 1 is 0.810 bits per heavy atom. The van der Waals surface area contributed by atoms with Crippen LogP contribution in [0.25, 0.3) is 0 Å². The van der Waals surface area contributed by atoms with Crippen LogP contribution in [-0.4, -0.2) is 37.3 Å². The number of nitrogens with zero attached hydrogens (tertiary/aromatic N) is 2. The van der Waals surface area contributed by atoms with E-state index in [1.807, 2.05) is 0 Å². The van der Waals surface area contributed by atoms with Gasteiger partial charge >= 0.3 is 8.52 Å². The molecule has 0 saturated carbocycles. The molecule has 21 heavy (non-hydrogen) atoms. The summed E-state index contributed by atoms with van der Waals surface area (Å²) in [5.74, 6) is 0. The van der Waals surface area contributed by atoms with Crippen LogP contribution in [0.15, 0.2) is 0 Å². The number of rotatable bonds is 10. The number of unbranched alkanes of at least 4 members (excludes halogenated alkanes) is 3. The Balaban J connectivity index is -0.000000482. The smallest absolute Gasteiger partial charge is 0.450 e. The highest BCUT2D eigenvalue weighted by atomic mass is 79.9. The maximum Gasteiger partial charge on any atom is 0.450 e. The first-order valence-corrected chi connectivity index (χ1v) is 10.7. The molecule has 0 atom stereocenters. The molecule has 5 heteroatoms. The van der Waals surface area contributed by atoms with E-state index in [0.29, 0.717) is 0 Å². The lowest BCUT2D eigenvalue weighted by molar-refractivity contribution is -0.00000510. The summed E-state index contributed by atoms with van der Waals surface area (Å²) in [5, 5.41) is 0. The van der Waals surface area contributed by atoms with Crippen molar-refractivity contribution >= 4 is 15.6 Å². The number of hydrogen-bond donors (Lipinski definition) is 0. The predicted octanol–water partition coefficient (Wildman–Crippen LogP) is 3.54. The Labute approximate surface area is 148 Å². The summed E-state index contributed by atoms with van der Waals surface area (Å²) in [7, 11) is 4.41. The fourth-order valence-electron chi connectivity index (χ4n) is 1.99. The molecule has 132 valence electrons. The van der Waals surface area contributed by atoms with Gasteiger partial charge in [-0.15, -0.1) is 4.17 Å². The van der Waals surface area contributed by atoms with E-state index < -0.39 is 7.05 Å². The van der Waals surface area contributed by atoms with Gasteiger partial charge in [0, 0.05) is 32.6 Å². The van der Waals surface area contributed by atoms with E-state index in [2.05, 4.69) is 39.5 Å². The Morgan fingerprint density at radius 2 is 1.14 bits per heavy atom. The molecule has 0 saturated heterocycles. The van der Waals surface area contributed by atoms with Crippen molar-refractivity contribution in [1.82, 2.24) is 8.84 Å². The molecule has 0 amide bonds. The standard InChI is InChI=1S/C14H33N2P2.2CH4.BrH/c1-6-9-12-18(13-10-7-2,14-11-8-3)15-17-16(4)5;;;/h6-14H2,1-5H3;2*1H4;1H/q+1;;;/p-1. The van der Waals surface area contributed by atoms with E-state index >= 15 is 0 Å². The predicted molar refractivity (Wildman–Crippen MR) is 102 cm³/mol. The van der Waals surface area contributed by atoms with Crippen LogP contribution < -0.4 is 21.2 Å². The molecule has 0 aromatic rings. The molecule has 0 aromatic heterocycles. The van der Waals surface area contributed by atoms with E-state index in [1.54, 1.807) is 0 Å². The lowest BCUT2D eigenvalue weighted by Crippen LogP contribution is -3.00. The molecule has 2 nitrogen and oxygen atoms in total. The second kappa shape index (κ2) is 18.9. The third kappa shape index (κ3) is 15.5. The van der Waals surface area contributed by atoms with Crippen molar-refractivity contribution in [3.8, 4) is 0 Å². The molecule has 0 aliphatic heterocycles. The van der Waals surface area contributed by atoms with Crippen molar-refractivity contribution in [3.63, 3.8) is 0 Å². The summed E-state index contributed by atoms with van der Waals surface area (Å²) in [6.45, 7) is 6.91. The van der Waals surface area contributed by atoms with Gasteiger partial charge in [0.1, 0.15) is 0 Å². The Morgan fingerprint density at radius 3 is 1.38 bits per heavy atom. The number of hydrogen-bond acceptors (Lipinski definition) is 0. The molecule has 0 aromatic carbocycles. The maximum atomic E-state index is 5.18. The number of halogens is 1. The maximum absolute atomic E-state index is 5.18. The highest BCUT2D eigenvalue weighted by Crippen LogP contribution is 2.48. The normalized spacial score (nSPS) is 10.4. The van der Waals surface area contributed by atoms with Gasteiger partial charge in [0.25, 0.3) is 0 Å². The van der Waals surface area contributed by atoms with Gasteiger partial charge in [-0.05, 0) is 19.3 Å². The first-order chi connectivity index (χ1) is 8.60. The van der Waals surface area contributed by atoms with E-state index in [0.717, 1.165) is 0 Å². The average Bonchev–Trinajstić information content (AvgIpc) is 2.37.